The van der Waals surface area contributed by atoms with Gasteiger partial charge in [0.25, 0.3) is 0 Å². The van der Waals surface area contributed by atoms with E-state index in [9.17, 15) is 4.79 Å². The maximum Gasteiger partial charge on any atom is 0.236 e. The number of hydrogen-bond acceptors (Lipinski definition) is 3. The quantitative estimate of drug-likeness (QED) is 0.471. The minimum Gasteiger partial charge on any atom is -0.211 e. The van der Waals surface area contributed by atoms with Crippen molar-refractivity contribution in [1.82, 2.24) is 0 Å². The molecule has 0 N–H and O–H groups in total. The lowest BCUT2D eigenvalue weighted by molar-refractivity contribution is 0.260. The number of nitriles is 1. The van der Waals surface area contributed by atoms with Gasteiger partial charge in [-0.25, -0.2) is 4.79 Å². The number of hydrogen-bond donors (Lipinski definition) is 0. The van der Waals surface area contributed by atoms with Crippen molar-refractivity contribution in [3.05, 3.63) is 0 Å². The largest absolute Gasteiger partial charge is 0.236 e. The molecule has 0 aromatic carbocycles. The number of nitrogens with zero attached hydrogens (tertiary/aromatic N) is 2. The van der Waals surface area contributed by atoms with E-state index in [1.165, 1.54) is 25.3 Å². The van der Waals surface area contributed by atoms with Crippen LogP contribution >= 0.6 is 0 Å². The van der Waals surface area contributed by atoms with Crippen molar-refractivity contribution in [1.29, 1.82) is 5.26 Å². The van der Waals surface area contributed by atoms with E-state index in [1.54, 1.807) is 6.92 Å². The lowest BCUT2D eigenvalue weighted by atomic mass is 9.77. The fraction of sp³-hybridized carbons (Fsp3) is 0.778. The summed E-state index contributed by atoms with van der Waals surface area (Å²) in [4.78, 5) is 13.6. The molecule has 0 heterocycles. The zero-order chi connectivity index (χ0) is 9.03. The molecule has 0 aromatic heterocycles. The summed E-state index contributed by atoms with van der Waals surface area (Å²) < 4.78 is 0. The van der Waals surface area contributed by atoms with Gasteiger partial charge >= 0.3 is 0 Å². The van der Waals surface area contributed by atoms with Crippen LogP contribution in [0.2, 0.25) is 0 Å². The van der Waals surface area contributed by atoms with E-state index < -0.39 is 5.54 Å². The topological polar surface area (TPSA) is 53.2 Å². The number of carbonyl (C=O) groups excluding carboxylic acids is 1. The molecule has 0 saturated heterocycles. The third kappa shape index (κ3) is 1.93. The first-order valence-corrected chi connectivity index (χ1v) is 4.20. The van der Waals surface area contributed by atoms with Crippen molar-refractivity contribution in [3.8, 4) is 6.07 Å². The molecule has 0 aromatic rings. The van der Waals surface area contributed by atoms with Crippen LogP contribution in [0.15, 0.2) is 4.99 Å². The lowest BCUT2D eigenvalue weighted by Gasteiger charge is -2.29. The van der Waals surface area contributed by atoms with Gasteiger partial charge in [-0.2, -0.15) is 10.3 Å². The molecule has 1 saturated carbocycles. The normalized spacial score (nSPS) is 21.3. The molecule has 0 radical (unpaired) electrons. The molecule has 1 aliphatic rings. The predicted molar refractivity (Wildman–Crippen MR) is 44.1 cm³/mol. The van der Waals surface area contributed by atoms with Gasteiger partial charge in [-0.15, -0.1) is 0 Å². The van der Waals surface area contributed by atoms with Gasteiger partial charge in [0.05, 0.1) is 6.07 Å². The molecule has 3 nitrogen and oxygen atoms in total. The number of rotatable bonds is 3. The SMILES string of the molecule is CC(C#N)(CC1CCC1)N=C=O. The Morgan fingerprint density at radius 3 is 2.67 bits per heavy atom. The summed E-state index contributed by atoms with van der Waals surface area (Å²) in [6.07, 6.45) is 5.76. The Labute approximate surface area is 72.1 Å². The van der Waals surface area contributed by atoms with E-state index in [4.69, 9.17) is 5.26 Å². The number of isocyanates is 1. The van der Waals surface area contributed by atoms with Gasteiger partial charge in [0, 0.05) is 0 Å². The molecule has 0 aliphatic heterocycles. The highest BCUT2D eigenvalue weighted by Crippen LogP contribution is 2.34. The second-order valence-electron chi connectivity index (χ2n) is 3.59. The van der Waals surface area contributed by atoms with Crippen LogP contribution in [0.4, 0.5) is 0 Å². The zero-order valence-electron chi connectivity index (χ0n) is 7.21. The lowest BCUT2D eigenvalue weighted by Crippen LogP contribution is -2.26. The molecule has 12 heavy (non-hydrogen) atoms. The second-order valence-corrected chi connectivity index (χ2v) is 3.59. The smallest absolute Gasteiger partial charge is 0.211 e. The van der Waals surface area contributed by atoms with Gasteiger partial charge in [0.15, 0.2) is 5.54 Å². The Hall–Kier alpha value is -1.13. The Morgan fingerprint density at radius 1 is 1.67 bits per heavy atom. The van der Waals surface area contributed by atoms with Crippen molar-refractivity contribution >= 4 is 6.08 Å². The zero-order valence-corrected chi connectivity index (χ0v) is 7.21. The van der Waals surface area contributed by atoms with Crippen molar-refractivity contribution in [2.24, 2.45) is 10.9 Å². The molecule has 1 rings (SSSR count). The first-order valence-electron chi connectivity index (χ1n) is 4.20. The maximum atomic E-state index is 10.0. The van der Waals surface area contributed by atoms with Crippen LogP contribution in [0.25, 0.3) is 0 Å². The van der Waals surface area contributed by atoms with E-state index in [-0.39, 0.29) is 0 Å². The summed E-state index contributed by atoms with van der Waals surface area (Å²) in [5.41, 5.74) is -0.827. The van der Waals surface area contributed by atoms with Crippen LogP contribution in [0, 0.1) is 17.2 Å². The van der Waals surface area contributed by atoms with Crippen molar-refractivity contribution in [2.45, 2.75) is 38.1 Å². The molecule has 1 fully saturated rings. The molecule has 1 aliphatic carbocycles. The van der Waals surface area contributed by atoms with E-state index in [1.807, 2.05) is 6.07 Å². The van der Waals surface area contributed by atoms with Gasteiger partial charge in [-0.1, -0.05) is 19.3 Å². The maximum absolute atomic E-state index is 10.0. The summed E-state index contributed by atoms with van der Waals surface area (Å²) in [6.45, 7) is 1.69. The molecule has 0 amide bonds. The third-order valence-corrected chi connectivity index (χ3v) is 2.44. The van der Waals surface area contributed by atoms with Crippen LogP contribution in [0.5, 0.6) is 0 Å². The molecule has 3 heteroatoms. The van der Waals surface area contributed by atoms with E-state index >= 15 is 0 Å². The molecule has 0 spiro atoms. The highest BCUT2D eigenvalue weighted by Gasteiger charge is 2.30. The molecule has 1 atom stereocenters. The summed E-state index contributed by atoms with van der Waals surface area (Å²) in [5.74, 6) is 0.590. The summed E-state index contributed by atoms with van der Waals surface area (Å²) in [5, 5.41) is 8.76. The highest BCUT2D eigenvalue weighted by atomic mass is 16.1. The molecular formula is C9H12N2O. The minimum atomic E-state index is -0.827. The van der Waals surface area contributed by atoms with Crippen molar-refractivity contribution < 1.29 is 4.79 Å². The van der Waals surface area contributed by atoms with Gasteiger partial charge in [-0.05, 0) is 19.3 Å². The van der Waals surface area contributed by atoms with Gasteiger partial charge < -0.3 is 0 Å². The summed E-state index contributed by atoms with van der Waals surface area (Å²) in [7, 11) is 0. The molecule has 1 unspecified atom stereocenters. The van der Waals surface area contributed by atoms with Crippen LogP contribution in [-0.4, -0.2) is 11.6 Å². The van der Waals surface area contributed by atoms with Gasteiger partial charge in [-0.3, -0.25) is 0 Å². The van der Waals surface area contributed by atoms with Gasteiger partial charge in [0.1, 0.15) is 0 Å². The Balaban J connectivity index is 2.54. The monoisotopic (exact) mass is 164 g/mol. The summed E-state index contributed by atoms with van der Waals surface area (Å²) in [6, 6.07) is 2.05. The Morgan fingerprint density at radius 2 is 2.33 bits per heavy atom. The fourth-order valence-corrected chi connectivity index (χ4v) is 1.48. The molecule has 0 bridgehead atoms. The average Bonchev–Trinajstić information content (AvgIpc) is 1.98. The van der Waals surface area contributed by atoms with Gasteiger partial charge in [0.2, 0.25) is 6.08 Å². The third-order valence-electron chi connectivity index (χ3n) is 2.44. The first kappa shape index (κ1) is 8.96. The Bertz CT molecular complexity index is 246. The Kier molecular flexibility index (Phi) is 2.62. The highest BCUT2D eigenvalue weighted by molar-refractivity contribution is 5.36. The summed E-state index contributed by atoms with van der Waals surface area (Å²) >= 11 is 0. The molecule has 64 valence electrons. The fourth-order valence-electron chi connectivity index (χ4n) is 1.48. The second kappa shape index (κ2) is 3.51. The van der Waals surface area contributed by atoms with E-state index in [2.05, 4.69) is 4.99 Å². The van der Waals surface area contributed by atoms with Crippen LogP contribution in [0.3, 0.4) is 0 Å². The minimum absolute atomic E-state index is 0.590. The standard InChI is InChI=1S/C9H12N2O/c1-9(6-10,11-7-12)5-8-3-2-4-8/h8H,2-5H2,1H3. The van der Waals surface area contributed by atoms with Crippen LogP contribution < -0.4 is 0 Å². The number of aliphatic imine (C=N–C) groups is 1. The van der Waals surface area contributed by atoms with Crippen LogP contribution in [0.1, 0.15) is 32.6 Å². The first-order chi connectivity index (χ1) is 5.70. The van der Waals surface area contributed by atoms with Crippen molar-refractivity contribution in [2.75, 3.05) is 0 Å². The predicted octanol–water partition coefficient (Wildman–Crippen LogP) is 1.79. The average molecular weight is 164 g/mol. The van der Waals surface area contributed by atoms with E-state index in [0.717, 1.165) is 0 Å². The van der Waals surface area contributed by atoms with Crippen LogP contribution in [-0.2, 0) is 4.79 Å². The van der Waals surface area contributed by atoms with Crippen molar-refractivity contribution in [3.63, 3.8) is 0 Å². The molecular weight excluding hydrogens is 152 g/mol. The van der Waals surface area contributed by atoms with E-state index in [0.29, 0.717) is 12.3 Å².